The van der Waals surface area contributed by atoms with Crippen molar-refractivity contribution in [2.45, 2.75) is 37.6 Å². The summed E-state index contributed by atoms with van der Waals surface area (Å²) in [4.78, 5) is 15.0. The molecule has 34 heavy (non-hydrogen) atoms. The van der Waals surface area contributed by atoms with Crippen LogP contribution in [0.4, 0.5) is 4.39 Å². The fourth-order valence-electron chi connectivity index (χ4n) is 4.68. The normalized spacial score (nSPS) is 19.2. The number of halogens is 1. The molecule has 0 saturated carbocycles. The first-order valence-corrected chi connectivity index (χ1v) is 11.7. The molecule has 2 aliphatic rings. The van der Waals surface area contributed by atoms with Gasteiger partial charge < -0.3 is 19.1 Å². The van der Waals surface area contributed by atoms with Crippen molar-refractivity contribution in [2.24, 2.45) is 0 Å². The highest BCUT2D eigenvalue weighted by molar-refractivity contribution is 5.94. The van der Waals surface area contributed by atoms with E-state index in [2.05, 4.69) is 0 Å². The molecule has 1 atom stereocenters. The number of likely N-dealkylation sites (tertiary alicyclic amines) is 1. The Morgan fingerprint density at radius 1 is 0.971 bits per heavy atom. The molecule has 2 saturated heterocycles. The van der Waals surface area contributed by atoms with Crippen LogP contribution in [0.15, 0.2) is 78.9 Å². The van der Waals surface area contributed by atoms with Crippen LogP contribution in [0.5, 0.6) is 11.5 Å². The maximum atomic E-state index is 13.1. The summed E-state index contributed by atoms with van der Waals surface area (Å²) >= 11 is 0. The van der Waals surface area contributed by atoms with Crippen LogP contribution in [0.3, 0.4) is 0 Å². The van der Waals surface area contributed by atoms with Gasteiger partial charge in [-0.3, -0.25) is 4.79 Å². The van der Waals surface area contributed by atoms with Crippen molar-refractivity contribution in [3.05, 3.63) is 95.8 Å². The van der Waals surface area contributed by atoms with Crippen LogP contribution in [0.1, 0.15) is 35.2 Å². The highest BCUT2D eigenvalue weighted by Crippen LogP contribution is 2.37. The molecule has 1 amide bonds. The number of para-hydroxylation sites is 1. The minimum Gasteiger partial charge on any atom is -0.489 e. The van der Waals surface area contributed by atoms with Crippen LogP contribution < -0.4 is 9.47 Å². The Morgan fingerprint density at radius 3 is 2.47 bits per heavy atom. The molecular weight excluding hydrogens is 433 g/mol. The Balaban J connectivity index is 1.14. The summed E-state index contributed by atoms with van der Waals surface area (Å²) in [7, 11) is 0. The van der Waals surface area contributed by atoms with Crippen molar-refractivity contribution in [3.63, 3.8) is 0 Å². The number of benzene rings is 3. The molecule has 3 aromatic carbocycles. The molecule has 2 heterocycles. The maximum Gasteiger partial charge on any atom is 0.253 e. The molecule has 0 aromatic heterocycles. The largest absolute Gasteiger partial charge is 0.489 e. The van der Waals surface area contributed by atoms with Gasteiger partial charge in [0.25, 0.3) is 5.91 Å². The predicted octanol–water partition coefficient (Wildman–Crippen LogP) is 5.25. The standard InChI is InChI=1S/C28H28FNO4/c29-23-11-9-21(10-12-23)19-32-25-8-4-5-22(17-25)27(31)30-15-13-28(14-16-30)18-26(20-33-28)34-24-6-2-1-3-7-24/h1-12,17,26H,13-16,18-20H2. The molecule has 1 unspecified atom stereocenters. The smallest absolute Gasteiger partial charge is 0.253 e. The number of amides is 1. The van der Waals surface area contributed by atoms with Gasteiger partial charge in [0.15, 0.2) is 0 Å². The van der Waals surface area contributed by atoms with Gasteiger partial charge in [-0.15, -0.1) is 0 Å². The minimum atomic E-state index is -0.276. The number of hydrogen-bond donors (Lipinski definition) is 0. The molecule has 0 aliphatic carbocycles. The third kappa shape index (κ3) is 5.23. The first-order valence-electron chi connectivity index (χ1n) is 11.7. The fourth-order valence-corrected chi connectivity index (χ4v) is 4.68. The molecular formula is C28H28FNO4. The van der Waals surface area contributed by atoms with Gasteiger partial charge in [0.2, 0.25) is 0 Å². The number of carbonyl (C=O) groups is 1. The Kier molecular flexibility index (Phi) is 6.50. The zero-order valence-corrected chi connectivity index (χ0v) is 19.0. The summed E-state index contributed by atoms with van der Waals surface area (Å²) < 4.78 is 31.2. The second-order valence-corrected chi connectivity index (χ2v) is 8.99. The van der Waals surface area contributed by atoms with Gasteiger partial charge in [0.05, 0.1) is 12.2 Å². The topological polar surface area (TPSA) is 48.0 Å². The van der Waals surface area contributed by atoms with E-state index in [1.807, 2.05) is 53.4 Å². The molecule has 2 aliphatic heterocycles. The van der Waals surface area contributed by atoms with E-state index in [-0.39, 0.29) is 23.4 Å². The summed E-state index contributed by atoms with van der Waals surface area (Å²) in [5, 5.41) is 0. The average molecular weight is 462 g/mol. The summed E-state index contributed by atoms with van der Waals surface area (Å²) in [6.07, 6.45) is 2.48. The van der Waals surface area contributed by atoms with Gasteiger partial charge in [-0.25, -0.2) is 4.39 Å². The van der Waals surface area contributed by atoms with Crippen LogP contribution in [0, 0.1) is 5.82 Å². The minimum absolute atomic E-state index is 0.00263. The van der Waals surface area contributed by atoms with Crippen molar-refractivity contribution < 1.29 is 23.4 Å². The monoisotopic (exact) mass is 461 g/mol. The lowest BCUT2D eigenvalue weighted by molar-refractivity contribution is -0.0395. The molecule has 5 nitrogen and oxygen atoms in total. The van der Waals surface area contributed by atoms with Crippen molar-refractivity contribution in [1.82, 2.24) is 4.90 Å². The van der Waals surface area contributed by atoms with Gasteiger partial charge in [-0.2, -0.15) is 0 Å². The highest BCUT2D eigenvalue weighted by atomic mass is 19.1. The Labute approximate surface area is 199 Å². The number of rotatable bonds is 6. The SMILES string of the molecule is O=C(c1cccc(OCc2ccc(F)cc2)c1)N1CCC2(CC1)CC(Oc1ccccc1)CO2. The van der Waals surface area contributed by atoms with Gasteiger partial charge >= 0.3 is 0 Å². The molecule has 176 valence electrons. The maximum absolute atomic E-state index is 13.1. The second-order valence-electron chi connectivity index (χ2n) is 8.99. The quantitative estimate of drug-likeness (QED) is 0.503. The molecule has 6 heteroatoms. The van der Waals surface area contributed by atoms with Crippen LogP contribution in [0.2, 0.25) is 0 Å². The first kappa shape index (κ1) is 22.4. The van der Waals surface area contributed by atoms with E-state index in [4.69, 9.17) is 14.2 Å². The van der Waals surface area contributed by atoms with Gasteiger partial charge in [-0.1, -0.05) is 36.4 Å². The molecule has 0 bridgehead atoms. The molecule has 0 N–H and O–H groups in total. The fraction of sp³-hybridized carbons (Fsp3) is 0.321. The van der Waals surface area contributed by atoms with E-state index in [1.54, 1.807) is 18.2 Å². The van der Waals surface area contributed by atoms with Crippen LogP contribution in [-0.4, -0.2) is 42.2 Å². The number of piperidine rings is 1. The van der Waals surface area contributed by atoms with E-state index in [9.17, 15) is 9.18 Å². The zero-order chi connectivity index (χ0) is 23.4. The van der Waals surface area contributed by atoms with Gasteiger partial charge in [0, 0.05) is 25.1 Å². The van der Waals surface area contributed by atoms with E-state index < -0.39 is 0 Å². The van der Waals surface area contributed by atoms with E-state index in [0.29, 0.717) is 37.6 Å². The van der Waals surface area contributed by atoms with Gasteiger partial charge in [0.1, 0.15) is 30.0 Å². The Bertz CT molecular complexity index is 1110. The van der Waals surface area contributed by atoms with Crippen molar-refractivity contribution in [3.8, 4) is 11.5 Å². The Hall–Kier alpha value is -3.38. The van der Waals surface area contributed by atoms with E-state index in [1.165, 1.54) is 12.1 Å². The van der Waals surface area contributed by atoms with Crippen LogP contribution >= 0.6 is 0 Å². The molecule has 3 aromatic rings. The second kappa shape index (κ2) is 9.85. The van der Waals surface area contributed by atoms with Crippen LogP contribution in [-0.2, 0) is 11.3 Å². The summed E-state index contributed by atoms with van der Waals surface area (Å²) in [6.45, 7) is 2.19. The predicted molar refractivity (Wildman–Crippen MR) is 126 cm³/mol. The zero-order valence-electron chi connectivity index (χ0n) is 19.0. The third-order valence-corrected chi connectivity index (χ3v) is 6.58. The lowest BCUT2D eigenvalue weighted by Gasteiger charge is -2.38. The molecule has 1 spiro atoms. The van der Waals surface area contributed by atoms with Crippen molar-refractivity contribution in [1.29, 1.82) is 0 Å². The van der Waals surface area contributed by atoms with Crippen molar-refractivity contribution >= 4 is 5.91 Å². The van der Waals surface area contributed by atoms with Crippen molar-refractivity contribution in [2.75, 3.05) is 19.7 Å². The summed E-state index contributed by atoms with van der Waals surface area (Å²) in [5.41, 5.74) is 1.26. The lowest BCUT2D eigenvalue weighted by Crippen LogP contribution is -2.46. The molecule has 2 fully saturated rings. The third-order valence-electron chi connectivity index (χ3n) is 6.58. The van der Waals surface area contributed by atoms with Gasteiger partial charge in [-0.05, 0) is 60.9 Å². The molecule has 5 rings (SSSR count). The first-order chi connectivity index (χ1) is 16.6. The number of nitrogens with zero attached hydrogens (tertiary/aromatic N) is 1. The van der Waals surface area contributed by atoms with Crippen LogP contribution in [0.25, 0.3) is 0 Å². The number of ether oxygens (including phenoxy) is 3. The number of carbonyl (C=O) groups excluding carboxylic acids is 1. The number of hydrogen-bond acceptors (Lipinski definition) is 4. The van der Waals surface area contributed by atoms with E-state index in [0.717, 1.165) is 30.6 Å². The van der Waals surface area contributed by atoms with E-state index >= 15 is 0 Å². The average Bonchev–Trinajstić information content (AvgIpc) is 3.26. The summed E-state index contributed by atoms with van der Waals surface area (Å²) in [5.74, 6) is 1.20. The lowest BCUT2D eigenvalue weighted by atomic mass is 9.87. The summed E-state index contributed by atoms with van der Waals surface area (Å²) in [6, 6.07) is 23.3. The Morgan fingerprint density at radius 2 is 1.71 bits per heavy atom. The highest BCUT2D eigenvalue weighted by Gasteiger charge is 2.44. The molecule has 0 radical (unpaired) electrons.